The van der Waals surface area contributed by atoms with Gasteiger partial charge in [0.15, 0.2) is 0 Å². The first-order valence-corrected chi connectivity index (χ1v) is 41.8. The lowest BCUT2D eigenvalue weighted by Crippen LogP contribution is -2.57. The topological polar surface area (TPSA) is 251 Å². The molecule has 1 aromatic heterocycles. The van der Waals surface area contributed by atoms with Crippen molar-refractivity contribution in [3.05, 3.63) is 160 Å². The Labute approximate surface area is 633 Å². The third-order valence-corrected chi connectivity index (χ3v) is 26.3. The maximum Gasteiger partial charge on any atom is 0.501 e. The van der Waals surface area contributed by atoms with Crippen LogP contribution >= 0.6 is 34.7 Å². The van der Waals surface area contributed by atoms with Crippen molar-refractivity contribution in [1.82, 2.24) is 39.9 Å². The maximum absolute atomic E-state index is 14.6. The number of aliphatic hydroxyl groups excluding tert-OH is 1. The van der Waals surface area contributed by atoms with Gasteiger partial charge in [-0.1, -0.05) is 105 Å². The number of thiazole rings is 1. The van der Waals surface area contributed by atoms with E-state index >= 15 is 0 Å². The van der Waals surface area contributed by atoms with Crippen LogP contribution in [0.4, 0.5) is 24.5 Å². The Morgan fingerprint density at radius 2 is 1.42 bits per heavy atom. The minimum atomic E-state index is -6.17. The molecular formula is C78H96ClF3N10O10S4. The first-order valence-electron chi connectivity index (χ1n) is 36.6. The molecule has 4 aliphatic heterocycles. The van der Waals surface area contributed by atoms with Crippen LogP contribution in [0.3, 0.4) is 0 Å². The van der Waals surface area contributed by atoms with Gasteiger partial charge in [0.1, 0.15) is 17.0 Å². The van der Waals surface area contributed by atoms with Crippen LogP contribution in [0.2, 0.25) is 5.02 Å². The molecule has 5 aliphatic rings. The van der Waals surface area contributed by atoms with Gasteiger partial charge in [0, 0.05) is 124 Å². The number of benzene rings is 5. The van der Waals surface area contributed by atoms with Gasteiger partial charge < -0.3 is 40.7 Å². The number of anilines is 2. The van der Waals surface area contributed by atoms with Crippen molar-refractivity contribution < 1.29 is 59.1 Å². The zero-order valence-corrected chi connectivity index (χ0v) is 64.6. The molecule has 106 heavy (non-hydrogen) atoms. The number of aromatic nitrogens is 1. The summed E-state index contributed by atoms with van der Waals surface area (Å²) in [6, 6.07) is 31.0. The highest BCUT2D eigenvalue weighted by Gasteiger charge is 2.49. The van der Waals surface area contributed by atoms with Crippen molar-refractivity contribution in [3.8, 4) is 10.4 Å². The van der Waals surface area contributed by atoms with E-state index in [1.54, 1.807) is 29.0 Å². The molecule has 0 bridgehead atoms. The van der Waals surface area contributed by atoms with E-state index in [4.69, 9.17) is 11.6 Å². The molecule has 5 N–H and O–H groups in total. The van der Waals surface area contributed by atoms with Crippen LogP contribution in [0.15, 0.2) is 147 Å². The number of β-amino-alcohol motifs (C(OH)–C–C–N with tert-alkyl or cyclic N) is 1. The number of rotatable bonds is 28. The second-order valence-electron chi connectivity index (χ2n) is 29.8. The minimum Gasteiger partial charge on any atom is -0.391 e. The molecule has 20 nitrogen and oxygen atoms in total. The number of nitrogens with one attached hydrogen (secondary N) is 4. The van der Waals surface area contributed by atoms with Crippen molar-refractivity contribution in [2.75, 3.05) is 88.0 Å². The van der Waals surface area contributed by atoms with Crippen molar-refractivity contribution in [2.45, 2.75) is 162 Å². The van der Waals surface area contributed by atoms with Gasteiger partial charge in [-0.15, -0.1) is 23.1 Å². The average molecular weight is 1550 g/mol. The number of sulfonamides is 1. The number of piperazine rings is 1. The normalized spacial score (nSPS) is 20.0. The Morgan fingerprint density at radius 1 is 0.755 bits per heavy atom. The predicted octanol–water partition coefficient (Wildman–Crippen LogP) is 12.4. The summed E-state index contributed by atoms with van der Waals surface area (Å²) in [5.74, 6) is -1.63. The fourth-order valence-electron chi connectivity index (χ4n) is 15.0. The van der Waals surface area contributed by atoms with Gasteiger partial charge in [-0.25, -0.2) is 26.5 Å². The summed E-state index contributed by atoms with van der Waals surface area (Å²) in [6.07, 6.45) is 7.03. The summed E-state index contributed by atoms with van der Waals surface area (Å²) in [7, 11) is -11.1. The van der Waals surface area contributed by atoms with E-state index < -0.39 is 94.3 Å². The van der Waals surface area contributed by atoms with E-state index in [0.717, 1.165) is 89.7 Å². The number of thioether (sulfide) groups is 1. The van der Waals surface area contributed by atoms with E-state index in [1.807, 2.05) is 111 Å². The number of allylic oxidation sites excluding steroid dienone is 1. The first-order chi connectivity index (χ1) is 50.5. The van der Waals surface area contributed by atoms with Crippen LogP contribution < -0.4 is 25.6 Å². The van der Waals surface area contributed by atoms with E-state index in [2.05, 4.69) is 47.8 Å². The molecule has 0 saturated carbocycles. The van der Waals surface area contributed by atoms with Crippen molar-refractivity contribution >= 4 is 101 Å². The fraction of sp³-hybridized carbons (Fsp3) is 0.487. The number of nitrogens with zero attached hydrogens (tertiary/aromatic N) is 6. The number of hydrogen-bond acceptors (Lipinski definition) is 17. The van der Waals surface area contributed by atoms with Gasteiger partial charge in [0.2, 0.25) is 23.6 Å². The lowest BCUT2D eigenvalue weighted by atomic mass is 9.85. The van der Waals surface area contributed by atoms with Gasteiger partial charge in [0.05, 0.1) is 38.8 Å². The number of hydrogen-bond donors (Lipinski definition) is 5. The van der Waals surface area contributed by atoms with E-state index in [9.17, 15) is 59.1 Å². The quantitative estimate of drug-likeness (QED) is 0.0226. The molecule has 0 spiro atoms. The summed E-state index contributed by atoms with van der Waals surface area (Å²) in [6.45, 7) is 16.0. The van der Waals surface area contributed by atoms with Crippen LogP contribution in [0.5, 0.6) is 0 Å². The molecular weight excluding hydrogens is 1460 g/mol. The van der Waals surface area contributed by atoms with Crippen LogP contribution in [0.1, 0.15) is 138 Å². The third-order valence-electron chi connectivity index (χ3n) is 21.0. The van der Waals surface area contributed by atoms with Crippen LogP contribution in [0.25, 0.3) is 16.0 Å². The Kier molecular flexibility index (Phi) is 26.2. The number of sulfone groups is 1. The number of carbonyl (C=O) groups is 5. The largest absolute Gasteiger partial charge is 0.501 e. The number of fused-ring (bicyclic) bond motifs is 1. The fourth-order valence-corrected chi connectivity index (χ4v) is 19.0. The van der Waals surface area contributed by atoms with Gasteiger partial charge in [-0.05, 0) is 165 Å². The summed E-state index contributed by atoms with van der Waals surface area (Å²) >= 11 is 9.18. The number of aryl methyl sites for hydroxylation is 1. The molecule has 5 amide bonds. The number of amides is 5. The summed E-state index contributed by atoms with van der Waals surface area (Å²) in [5.41, 5.74) is 2.47. The van der Waals surface area contributed by atoms with E-state index in [-0.39, 0.29) is 60.8 Å². The Hall–Kier alpha value is -7.37. The predicted molar refractivity (Wildman–Crippen MR) is 410 cm³/mol. The molecule has 28 heteroatoms. The maximum atomic E-state index is 14.6. The molecule has 5 heterocycles. The lowest BCUT2D eigenvalue weighted by Gasteiger charge is -2.37. The van der Waals surface area contributed by atoms with Gasteiger partial charge in [0.25, 0.3) is 25.8 Å². The standard InChI is InChI=1S/C78H96ClF3N10O10S4/c1-51(53-21-23-55(24-22-53)72-52(2)83-50-104-72)84-75(97)68-41-63(93)48-92(68)76(98)73(77(3,4)5)86-70(94)19-13-8-14-20-71(95)91-46-58-44-89(45-59(58)47-91)36-35-61(49-103-64-16-10-7-11-17-64)85-67-34-33-65(42-69(67)105(99,100)78(80,81)82)106(101,102)87-74(96)56-27-31-62(32-28-56)90-39-37-88(38-40-90)43-57-15-9-6-12-18-66(57)54-25-29-60(79)30-26-54/h7,10-11,16-17,21-34,42,50-51,58-59,61,63,68,73,85,93H,6,8-9,12-15,18-20,35-41,43-49H2,1-5H3,(H,84,97)(H,86,94)(H,87,96)/t51-,58-,59+,61+,63+,68-,73+/m0/s1. The Bertz CT molecular complexity index is 4340. The van der Waals surface area contributed by atoms with Crippen molar-refractivity contribution in [2.24, 2.45) is 17.3 Å². The van der Waals surface area contributed by atoms with E-state index in [1.165, 1.54) is 51.9 Å². The second kappa shape index (κ2) is 34.9. The van der Waals surface area contributed by atoms with Gasteiger partial charge in [-0.3, -0.25) is 28.9 Å². The molecule has 570 valence electrons. The third kappa shape index (κ3) is 20.1. The number of likely N-dealkylation sites (tertiary alicyclic amines) is 3. The molecule has 11 rings (SSSR count). The average Bonchev–Trinajstić information content (AvgIpc) is 1.10. The SMILES string of the molecule is Cc1ncsc1-c1ccc([C@H](C)NC(=O)[C@@H]2C[C@@H](O)CN2C(=O)[C@@H](NC(=O)CCCCCC(=O)N2C[C@H]3CN(CC[C@H](CSc4ccccc4)Nc4ccc(S(=O)(=O)NC(=O)c5ccc(N6CCN(CC7=C(c8ccc(Cl)cc8)CCCCC7)CC6)cc5)cc4S(=O)(=O)C(F)(F)F)C[C@H]3C2)C(C)(C)C)cc1. The molecule has 7 atom stereocenters. The first kappa shape index (κ1) is 79.7. The molecule has 1 aliphatic carbocycles. The highest BCUT2D eigenvalue weighted by atomic mass is 35.5. The number of halogens is 4. The summed E-state index contributed by atoms with van der Waals surface area (Å²) in [5, 5.41) is 20.5. The monoisotopic (exact) mass is 1550 g/mol. The molecule has 4 fully saturated rings. The number of unbranched alkanes of at least 4 members (excludes halogenated alkanes) is 2. The van der Waals surface area contributed by atoms with Gasteiger partial charge >= 0.3 is 5.51 Å². The van der Waals surface area contributed by atoms with Crippen LogP contribution in [-0.2, 0) is 39.0 Å². The zero-order chi connectivity index (χ0) is 75.7. The molecule has 5 aromatic carbocycles. The molecule has 0 unspecified atom stereocenters. The molecule has 6 aromatic rings. The van der Waals surface area contributed by atoms with Crippen LogP contribution in [-0.4, -0.2) is 184 Å². The molecule has 0 radical (unpaired) electrons. The van der Waals surface area contributed by atoms with Crippen molar-refractivity contribution in [1.29, 1.82) is 0 Å². The Balaban J connectivity index is 0.642. The van der Waals surface area contributed by atoms with Crippen molar-refractivity contribution in [3.63, 3.8) is 0 Å². The number of alkyl halides is 3. The van der Waals surface area contributed by atoms with Gasteiger partial charge in [-0.2, -0.15) is 13.2 Å². The Morgan fingerprint density at radius 3 is 2.08 bits per heavy atom. The minimum absolute atomic E-state index is 0.00633. The van der Waals surface area contributed by atoms with Crippen LogP contribution in [0, 0.1) is 24.2 Å². The highest BCUT2D eigenvalue weighted by Crippen LogP contribution is 2.39. The zero-order valence-electron chi connectivity index (χ0n) is 60.6. The highest BCUT2D eigenvalue weighted by molar-refractivity contribution is 7.99. The summed E-state index contributed by atoms with van der Waals surface area (Å²) < 4.78 is 101. The number of aliphatic hydroxyl groups is 1. The summed E-state index contributed by atoms with van der Waals surface area (Å²) in [4.78, 5) is 83.1. The second-order valence-corrected chi connectivity index (χ2v) is 35.8. The van der Waals surface area contributed by atoms with E-state index in [0.29, 0.717) is 82.6 Å². The number of carbonyl (C=O) groups excluding carboxylic acids is 5. The molecule has 4 saturated heterocycles. The lowest BCUT2D eigenvalue weighted by molar-refractivity contribution is -0.144. The smallest absolute Gasteiger partial charge is 0.391 e.